The minimum atomic E-state index is -0.111. The zero-order valence-corrected chi connectivity index (χ0v) is 15.5. The number of nitrogens with one attached hydrogen (secondary N) is 2. The Bertz CT molecular complexity index is 511. The van der Waals surface area contributed by atoms with Gasteiger partial charge in [-0.25, -0.2) is 4.99 Å². The van der Waals surface area contributed by atoms with Crippen molar-refractivity contribution < 1.29 is 9.84 Å². The summed E-state index contributed by atoms with van der Waals surface area (Å²) in [5, 5.41) is 16.1. The smallest absolute Gasteiger partial charge is 0.191 e. The van der Waals surface area contributed by atoms with E-state index in [1.807, 2.05) is 0 Å². The van der Waals surface area contributed by atoms with Crippen LogP contribution < -0.4 is 10.6 Å². The molecule has 1 aliphatic rings. The number of rotatable bonds is 8. The second-order valence-electron chi connectivity index (χ2n) is 6.44. The van der Waals surface area contributed by atoms with E-state index in [1.165, 1.54) is 11.1 Å². The quantitative estimate of drug-likeness (QED) is 0.376. The van der Waals surface area contributed by atoms with Gasteiger partial charge in [0.2, 0.25) is 0 Å². The van der Waals surface area contributed by atoms with E-state index >= 15 is 0 Å². The molecule has 1 fully saturated rings. The first-order valence-corrected chi connectivity index (χ1v) is 9.20. The van der Waals surface area contributed by atoms with Crippen molar-refractivity contribution in [3.63, 3.8) is 0 Å². The second kappa shape index (κ2) is 11.1. The summed E-state index contributed by atoms with van der Waals surface area (Å²) in [6.45, 7) is 7.86. The lowest BCUT2D eigenvalue weighted by atomic mass is 10.1. The number of piperidine rings is 1. The van der Waals surface area contributed by atoms with Crippen LogP contribution in [0.5, 0.6) is 0 Å². The molecule has 2 rings (SSSR count). The largest absolute Gasteiger partial charge is 0.393 e. The lowest BCUT2D eigenvalue weighted by Gasteiger charge is -2.29. The Hall–Kier alpha value is -1.63. The summed E-state index contributed by atoms with van der Waals surface area (Å²) in [4.78, 5) is 7.02. The summed E-state index contributed by atoms with van der Waals surface area (Å²) in [7, 11) is 1.69. The highest BCUT2D eigenvalue weighted by atomic mass is 16.5. The fraction of sp³-hybridized carbons (Fsp3) is 0.632. The summed E-state index contributed by atoms with van der Waals surface area (Å²) >= 11 is 0. The zero-order chi connectivity index (χ0) is 17.9. The van der Waals surface area contributed by atoms with Gasteiger partial charge < -0.3 is 20.5 Å². The zero-order valence-electron chi connectivity index (χ0n) is 15.5. The van der Waals surface area contributed by atoms with Crippen LogP contribution in [0, 0.1) is 0 Å². The van der Waals surface area contributed by atoms with Gasteiger partial charge in [-0.15, -0.1) is 0 Å². The highest BCUT2D eigenvalue weighted by Gasteiger charge is 2.16. The van der Waals surface area contributed by atoms with E-state index in [9.17, 15) is 5.11 Å². The summed E-state index contributed by atoms with van der Waals surface area (Å²) in [5.74, 6) is 0.815. The van der Waals surface area contributed by atoms with Gasteiger partial charge in [-0.2, -0.15) is 0 Å². The molecule has 1 aliphatic heterocycles. The second-order valence-corrected chi connectivity index (χ2v) is 6.44. The molecule has 6 heteroatoms. The van der Waals surface area contributed by atoms with E-state index in [4.69, 9.17) is 4.74 Å². The van der Waals surface area contributed by atoms with Crippen molar-refractivity contribution in [3.8, 4) is 0 Å². The Morgan fingerprint density at radius 2 is 1.88 bits per heavy atom. The first-order valence-electron chi connectivity index (χ1n) is 9.20. The molecule has 0 aliphatic carbocycles. The summed E-state index contributed by atoms with van der Waals surface area (Å²) < 4.78 is 5.05. The minimum Gasteiger partial charge on any atom is -0.393 e. The first kappa shape index (κ1) is 19.7. The highest BCUT2D eigenvalue weighted by Crippen LogP contribution is 2.14. The Morgan fingerprint density at radius 1 is 1.20 bits per heavy atom. The normalized spacial score (nSPS) is 16.8. The fourth-order valence-electron chi connectivity index (χ4n) is 2.87. The number of aliphatic hydroxyl groups is 1. The Labute approximate surface area is 151 Å². The van der Waals surface area contributed by atoms with Crippen LogP contribution >= 0.6 is 0 Å². The molecule has 0 aromatic heterocycles. The van der Waals surface area contributed by atoms with Crippen LogP contribution in [0.4, 0.5) is 0 Å². The molecule has 0 unspecified atom stereocenters. The average molecular weight is 348 g/mol. The van der Waals surface area contributed by atoms with Crippen molar-refractivity contribution in [2.45, 2.75) is 39.0 Å². The number of aliphatic imine (C=N–C) groups is 1. The maximum absolute atomic E-state index is 9.58. The van der Waals surface area contributed by atoms with Crippen LogP contribution in [0.15, 0.2) is 29.3 Å². The molecule has 0 spiro atoms. The lowest BCUT2D eigenvalue weighted by Crippen LogP contribution is -2.38. The molecule has 0 radical (unpaired) electrons. The van der Waals surface area contributed by atoms with Crippen LogP contribution in [0.2, 0.25) is 0 Å². The summed E-state index contributed by atoms with van der Waals surface area (Å²) in [5.41, 5.74) is 2.51. The number of aliphatic hydroxyl groups excluding tert-OH is 1. The third kappa shape index (κ3) is 7.42. The maximum atomic E-state index is 9.58. The number of ether oxygens (including phenoxy) is 1. The van der Waals surface area contributed by atoms with Gasteiger partial charge in [-0.3, -0.25) is 4.90 Å². The van der Waals surface area contributed by atoms with Crippen LogP contribution in [0.3, 0.4) is 0 Å². The van der Waals surface area contributed by atoms with Crippen molar-refractivity contribution >= 4 is 5.96 Å². The van der Waals surface area contributed by atoms with E-state index in [1.54, 1.807) is 7.11 Å². The molecule has 0 bridgehead atoms. The molecule has 140 valence electrons. The molecular formula is C19H32N4O2. The molecule has 0 amide bonds. The van der Waals surface area contributed by atoms with Crippen LogP contribution in [-0.4, -0.2) is 62.0 Å². The first-order chi connectivity index (χ1) is 12.2. The van der Waals surface area contributed by atoms with E-state index in [2.05, 4.69) is 51.7 Å². The monoisotopic (exact) mass is 348 g/mol. The molecule has 0 atom stereocenters. The van der Waals surface area contributed by atoms with E-state index in [0.717, 1.165) is 51.5 Å². The van der Waals surface area contributed by atoms with Crippen molar-refractivity contribution in [1.29, 1.82) is 0 Å². The van der Waals surface area contributed by atoms with Gasteiger partial charge in [0.25, 0.3) is 0 Å². The van der Waals surface area contributed by atoms with Gasteiger partial charge in [-0.1, -0.05) is 24.3 Å². The van der Waals surface area contributed by atoms with Crippen LogP contribution in [-0.2, 0) is 17.8 Å². The van der Waals surface area contributed by atoms with Crippen LogP contribution in [0.25, 0.3) is 0 Å². The third-order valence-corrected chi connectivity index (χ3v) is 4.35. The lowest BCUT2D eigenvalue weighted by molar-refractivity contribution is 0.0792. The van der Waals surface area contributed by atoms with E-state index in [0.29, 0.717) is 13.2 Å². The Kier molecular flexibility index (Phi) is 8.72. The molecule has 1 aromatic carbocycles. The number of methoxy groups -OCH3 is 1. The number of likely N-dealkylation sites (tertiary alicyclic amines) is 1. The number of guanidine groups is 1. The SMILES string of the molecule is CCNC(=NCc1ccc(CN2CCC(O)CC2)cc1)NCCOC. The number of nitrogens with zero attached hydrogens (tertiary/aromatic N) is 2. The number of hydrogen-bond acceptors (Lipinski definition) is 4. The average Bonchev–Trinajstić information content (AvgIpc) is 2.63. The number of benzene rings is 1. The number of hydrogen-bond donors (Lipinski definition) is 3. The predicted octanol–water partition coefficient (Wildman–Crippen LogP) is 1.34. The molecular weight excluding hydrogens is 316 g/mol. The molecule has 1 heterocycles. The Morgan fingerprint density at radius 3 is 2.52 bits per heavy atom. The summed E-state index contributed by atoms with van der Waals surface area (Å²) in [6, 6.07) is 8.66. The van der Waals surface area contributed by atoms with E-state index in [-0.39, 0.29) is 6.10 Å². The summed E-state index contributed by atoms with van der Waals surface area (Å²) in [6.07, 6.45) is 1.66. The molecule has 0 saturated carbocycles. The standard InChI is InChI=1S/C19H32N4O2/c1-3-20-19(21-10-13-25-2)22-14-16-4-6-17(7-5-16)15-23-11-8-18(24)9-12-23/h4-7,18,24H,3,8-15H2,1-2H3,(H2,20,21,22). The van der Waals surface area contributed by atoms with Crippen LogP contribution in [0.1, 0.15) is 30.9 Å². The van der Waals surface area contributed by atoms with Gasteiger partial charge in [0.1, 0.15) is 0 Å². The van der Waals surface area contributed by atoms with Gasteiger partial charge in [0.05, 0.1) is 19.3 Å². The van der Waals surface area contributed by atoms with Crippen molar-refractivity contribution in [3.05, 3.63) is 35.4 Å². The van der Waals surface area contributed by atoms with Crippen molar-refractivity contribution in [1.82, 2.24) is 15.5 Å². The fourth-order valence-corrected chi connectivity index (χ4v) is 2.87. The molecule has 3 N–H and O–H groups in total. The Balaban J connectivity index is 1.82. The highest BCUT2D eigenvalue weighted by molar-refractivity contribution is 5.79. The molecule has 25 heavy (non-hydrogen) atoms. The van der Waals surface area contributed by atoms with Gasteiger partial charge in [0.15, 0.2) is 5.96 Å². The van der Waals surface area contributed by atoms with Gasteiger partial charge in [-0.05, 0) is 30.9 Å². The van der Waals surface area contributed by atoms with Gasteiger partial charge in [0, 0.05) is 39.8 Å². The van der Waals surface area contributed by atoms with Crippen molar-refractivity contribution in [2.24, 2.45) is 4.99 Å². The van der Waals surface area contributed by atoms with Crippen molar-refractivity contribution in [2.75, 3.05) is 39.9 Å². The molecule has 1 saturated heterocycles. The predicted molar refractivity (Wildman–Crippen MR) is 102 cm³/mol. The van der Waals surface area contributed by atoms with Gasteiger partial charge >= 0.3 is 0 Å². The van der Waals surface area contributed by atoms with E-state index < -0.39 is 0 Å². The third-order valence-electron chi connectivity index (χ3n) is 4.35. The minimum absolute atomic E-state index is 0.111. The molecule has 6 nitrogen and oxygen atoms in total. The molecule has 1 aromatic rings. The maximum Gasteiger partial charge on any atom is 0.191 e. The topological polar surface area (TPSA) is 69.1 Å².